The molecule has 0 aliphatic heterocycles. The molecule has 0 aliphatic carbocycles. The number of methoxy groups -OCH3 is 1. The lowest BCUT2D eigenvalue weighted by molar-refractivity contribution is -0.118. The smallest absolute Gasteiger partial charge is 0.217 e. The molecule has 17 heavy (non-hydrogen) atoms. The Labute approximate surface area is 110 Å². The molecule has 1 aromatic carbocycles. The maximum Gasteiger partial charge on any atom is 0.217 e. The molecule has 1 amide bonds. The zero-order chi connectivity index (χ0) is 12.7. The van der Waals surface area contributed by atoms with Crippen LogP contribution in [-0.4, -0.2) is 19.6 Å². The Balaban J connectivity index is 2.38. The number of carbonyl (C=O) groups is 1. The van der Waals surface area contributed by atoms with Crippen molar-refractivity contribution < 1.29 is 9.53 Å². The number of rotatable bonds is 7. The average Bonchev–Trinajstić information content (AvgIpc) is 2.30. The van der Waals surface area contributed by atoms with E-state index in [1.54, 1.807) is 7.11 Å². The van der Waals surface area contributed by atoms with E-state index in [1.807, 2.05) is 18.2 Å². The predicted molar refractivity (Wildman–Crippen MR) is 70.8 cm³/mol. The van der Waals surface area contributed by atoms with E-state index >= 15 is 0 Å². The molecular formula is C12H17BrN2O2. The van der Waals surface area contributed by atoms with Crippen molar-refractivity contribution in [2.75, 3.05) is 13.7 Å². The fourth-order valence-corrected chi connectivity index (χ4v) is 1.81. The minimum Gasteiger partial charge on any atom is -0.497 e. The van der Waals surface area contributed by atoms with Crippen LogP contribution in [0.25, 0.3) is 0 Å². The Morgan fingerprint density at radius 2 is 2.29 bits per heavy atom. The van der Waals surface area contributed by atoms with Gasteiger partial charge in [0.25, 0.3) is 0 Å². The number of hydrogen-bond acceptors (Lipinski definition) is 3. The molecule has 0 radical (unpaired) electrons. The van der Waals surface area contributed by atoms with Gasteiger partial charge in [-0.05, 0) is 36.7 Å². The number of primary amides is 1. The lowest BCUT2D eigenvalue weighted by Gasteiger charge is -2.08. The van der Waals surface area contributed by atoms with E-state index in [0.717, 1.165) is 35.3 Å². The standard InChI is InChI=1S/C12H17BrN2O2/c1-17-10-4-5-11(13)9(7-10)8-15-6-2-3-12(14)16/h4-5,7,15H,2-3,6,8H2,1H3,(H2,14,16). The maximum absolute atomic E-state index is 10.5. The number of halogens is 1. The van der Waals surface area contributed by atoms with Crippen molar-refractivity contribution in [3.05, 3.63) is 28.2 Å². The van der Waals surface area contributed by atoms with Gasteiger partial charge in [-0.2, -0.15) is 0 Å². The minimum atomic E-state index is -0.255. The molecule has 0 saturated carbocycles. The van der Waals surface area contributed by atoms with Crippen molar-refractivity contribution in [3.8, 4) is 5.75 Å². The third kappa shape index (κ3) is 5.19. The molecule has 0 bridgehead atoms. The van der Waals surface area contributed by atoms with E-state index in [9.17, 15) is 4.79 Å². The summed E-state index contributed by atoms with van der Waals surface area (Å²) < 4.78 is 6.20. The van der Waals surface area contributed by atoms with Crippen molar-refractivity contribution >= 4 is 21.8 Å². The number of ether oxygens (including phenoxy) is 1. The molecule has 0 fully saturated rings. The topological polar surface area (TPSA) is 64.3 Å². The first-order chi connectivity index (χ1) is 8.13. The van der Waals surface area contributed by atoms with Crippen molar-refractivity contribution in [2.45, 2.75) is 19.4 Å². The van der Waals surface area contributed by atoms with Gasteiger partial charge in [0.1, 0.15) is 5.75 Å². The summed E-state index contributed by atoms with van der Waals surface area (Å²) in [6, 6.07) is 5.84. The first kappa shape index (κ1) is 14.0. The number of benzene rings is 1. The molecule has 0 spiro atoms. The van der Waals surface area contributed by atoms with Crippen molar-refractivity contribution in [2.24, 2.45) is 5.73 Å². The van der Waals surface area contributed by atoms with Crippen LogP contribution in [0.4, 0.5) is 0 Å². The molecule has 0 saturated heterocycles. The van der Waals surface area contributed by atoms with Gasteiger partial charge in [0.15, 0.2) is 0 Å². The SMILES string of the molecule is COc1ccc(Br)c(CNCCCC(N)=O)c1. The number of nitrogens with two attached hydrogens (primary N) is 1. The third-order valence-corrected chi connectivity index (χ3v) is 3.12. The number of hydrogen-bond donors (Lipinski definition) is 2. The fraction of sp³-hybridized carbons (Fsp3) is 0.417. The summed E-state index contributed by atoms with van der Waals surface area (Å²) in [4.78, 5) is 10.5. The normalized spacial score (nSPS) is 10.2. The highest BCUT2D eigenvalue weighted by molar-refractivity contribution is 9.10. The van der Waals surface area contributed by atoms with Gasteiger partial charge in [-0.15, -0.1) is 0 Å². The Kier molecular flexibility index (Phi) is 6.00. The highest BCUT2D eigenvalue weighted by atomic mass is 79.9. The molecule has 4 nitrogen and oxygen atoms in total. The lowest BCUT2D eigenvalue weighted by atomic mass is 10.2. The second-order valence-electron chi connectivity index (χ2n) is 3.70. The van der Waals surface area contributed by atoms with Gasteiger partial charge in [0.05, 0.1) is 7.11 Å². The predicted octanol–water partition coefficient (Wildman–Crippen LogP) is 1.81. The summed E-state index contributed by atoms with van der Waals surface area (Å²) >= 11 is 3.48. The summed E-state index contributed by atoms with van der Waals surface area (Å²) in [7, 11) is 1.65. The molecule has 94 valence electrons. The summed E-state index contributed by atoms with van der Waals surface area (Å²) in [6.45, 7) is 1.50. The van der Waals surface area contributed by atoms with Crippen molar-refractivity contribution in [3.63, 3.8) is 0 Å². The molecule has 0 aromatic heterocycles. The second kappa shape index (κ2) is 7.29. The zero-order valence-electron chi connectivity index (χ0n) is 9.83. The molecule has 1 aromatic rings. The molecule has 3 N–H and O–H groups in total. The van der Waals surface area contributed by atoms with E-state index < -0.39 is 0 Å². The fourth-order valence-electron chi connectivity index (χ4n) is 1.42. The molecule has 0 atom stereocenters. The zero-order valence-corrected chi connectivity index (χ0v) is 11.4. The number of nitrogens with one attached hydrogen (secondary N) is 1. The van der Waals surface area contributed by atoms with E-state index in [-0.39, 0.29) is 5.91 Å². The van der Waals surface area contributed by atoms with Crippen LogP contribution >= 0.6 is 15.9 Å². The first-order valence-electron chi connectivity index (χ1n) is 5.45. The maximum atomic E-state index is 10.5. The van der Waals surface area contributed by atoms with Crippen LogP contribution in [0.5, 0.6) is 5.75 Å². The van der Waals surface area contributed by atoms with Crippen LogP contribution in [0, 0.1) is 0 Å². The van der Waals surface area contributed by atoms with Gasteiger partial charge in [-0.1, -0.05) is 15.9 Å². The summed E-state index contributed by atoms with van der Waals surface area (Å²) in [5, 5.41) is 3.26. The van der Waals surface area contributed by atoms with Crippen LogP contribution in [0.1, 0.15) is 18.4 Å². The van der Waals surface area contributed by atoms with E-state index in [2.05, 4.69) is 21.2 Å². The van der Waals surface area contributed by atoms with Crippen LogP contribution in [0.2, 0.25) is 0 Å². The third-order valence-electron chi connectivity index (χ3n) is 2.35. The molecule has 5 heteroatoms. The second-order valence-corrected chi connectivity index (χ2v) is 4.56. The first-order valence-corrected chi connectivity index (χ1v) is 6.24. The van der Waals surface area contributed by atoms with E-state index in [0.29, 0.717) is 6.42 Å². The molecule has 1 rings (SSSR count). The highest BCUT2D eigenvalue weighted by Crippen LogP contribution is 2.22. The van der Waals surface area contributed by atoms with Gasteiger partial charge < -0.3 is 15.8 Å². The lowest BCUT2D eigenvalue weighted by Crippen LogP contribution is -2.18. The summed E-state index contributed by atoms with van der Waals surface area (Å²) in [5.41, 5.74) is 6.19. The van der Waals surface area contributed by atoms with Crippen LogP contribution < -0.4 is 15.8 Å². The Morgan fingerprint density at radius 3 is 2.94 bits per heavy atom. The minimum absolute atomic E-state index is 0.255. The Morgan fingerprint density at radius 1 is 1.53 bits per heavy atom. The quantitative estimate of drug-likeness (QED) is 0.755. The highest BCUT2D eigenvalue weighted by Gasteiger charge is 2.02. The molecular weight excluding hydrogens is 284 g/mol. The Hall–Kier alpha value is -1.07. The Bertz CT molecular complexity index is 383. The molecule has 0 unspecified atom stereocenters. The van der Waals surface area contributed by atoms with Gasteiger partial charge in [0, 0.05) is 17.4 Å². The van der Waals surface area contributed by atoms with Crippen molar-refractivity contribution in [1.82, 2.24) is 5.32 Å². The number of carbonyl (C=O) groups excluding carboxylic acids is 1. The monoisotopic (exact) mass is 300 g/mol. The largest absolute Gasteiger partial charge is 0.497 e. The van der Waals surface area contributed by atoms with Crippen LogP contribution in [0.15, 0.2) is 22.7 Å². The van der Waals surface area contributed by atoms with Gasteiger partial charge in [0.2, 0.25) is 5.91 Å². The summed E-state index contributed by atoms with van der Waals surface area (Å²) in [5.74, 6) is 0.580. The van der Waals surface area contributed by atoms with Crippen LogP contribution in [-0.2, 0) is 11.3 Å². The van der Waals surface area contributed by atoms with Gasteiger partial charge in [-0.3, -0.25) is 4.79 Å². The molecule has 0 heterocycles. The van der Waals surface area contributed by atoms with Crippen LogP contribution in [0.3, 0.4) is 0 Å². The van der Waals surface area contributed by atoms with Crippen molar-refractivity contribution in [1.29, 1.82) is 0 Å². The van der Waals surface area contributed by atoms with E-state index in [1.165, 1.54) is 0 Å². The average molecular weight is 301 g/mol. The van der Waals surface area contributed by atoms with Gasteiger partial charge >= 0.3 is 0 Å². The summed E-state index contributed by atoms with van der Waals surface area (Å²) in [6.07, 6.45) is 1.18. The van der Waals surface area contributed by atoms with Gasteiger partial charge in [-0.25, -0.2) is 0 Å². The van der Waals surface area contributed by atoms with E-state index in [4.69, 9.17) is 10.5 Å². The number of amides is 1. The molecule has 0 aliphatic rings.